The molecule has 0 atom stereocenters. The number of aromatic nitrogens is 3. The molecule has 1 saturated carbocycles. The molecule has 0 saturated heterocycles. The van der Waals surface area contributed by atoms with Gasteiger partial charge in [-0.05, 0) is 79.6 Å². The molecule has 1 fully saturated rings. The van der Waals surface area contributed by atoms with Crippen LogP contribution in [0.4, 0.5) is 19.1 Å². The Morgan fingerprint density at radius 3 is 2.23 bits per heavy atom. The standard InChI is InChI=1S/C28H28F3N5O2S/c1-16-10-24(35-25-13-33-28(36-27(16)25)34-21-8-6-20(32)7-9-21)26-22(30)11-18(12-23(26)31)15-39(37,38)14-17-2-4-19(29)5-3-17/h2-5,10-13,20-21H,6-9,14-15,32H2,1H3,(H,33,34,36). The Kier molecular flexibility index (Phi) is 7.55. The molecule has 204 valence electrons. The largest absolute Gasteiger partial charge is 0.351 e. The maximum absolute atomic E-state index is 15.2. The zero-order valence-corrected chi connectivity index (χ0v) is 22.1. The van der Waals surface area contributed by atoms with Gasteiger partial charge in [0.2, 0.25) is 5.95 Å². The second-order valence-electron chi connectivity index (χ2n) is 10.1. The predicted octanol–water partition coefficient (Wildman–Crippen LogP) is 5.21. The summed E-state index contributed by atoms with van der Waals surface area (Å²) < 4.78 is 68.7. The minimum Gasteiger partial charge on any atom is -0.351 e. The number of pyridine rings is 1. The van der Waals surface area contributed by atoms with Gasteiger partial charge in [-0.25, -0.2) is 36.5 Å². The molecule has 2 aromatic heterocycles. The Labute approximate surface area is 224 Å². The van der Waals surface area contributed by atoms with Gasteiger partial charge < -0.3 is 11.1 Å². The first-order valence-electron chi connectivity index (χ1n) is 12.7. The van der Waals surface area contributed by atoms with Crippen LogP contribution in [0, 0.1) is 24.4 Å². The Morgan fingerprint density at radius 2 is 1.56 bits per heavy atom. The van der Waals surface area contributed by atoms with Gasteiger partial charge in [-0.1, -0.05) is 12.1 Å². The van der Waals surface area contributed by atoms with Crippen molar-refractivity contribution in [2.45, 2.75) is 56.2 Å². The summed E-state index contributed by atoms with van der Waals surface area (Å²) in [6, 6.07) is 9.05. The van der Waals surface area contributed by atoms with Gasteiger partial charge in [0.25, 0.3) is 0 Å². The van der Waals surface area contributed by atoms with Gasteiger partial charge in [-0.15, -0.1) is 0 Å². The van der Waals surface area contributed by atoms with E-state index in [2.05, 4.69) is 20.3 Å². The molecule has 7 nitrogen and oxygen atoms in total. The molecule has 2 aromatic carbocycles. The number of sulfone groups is 1. The van der Waals surface area contributed by atoms with E-state index in [1.54, 1.807) is 13.0 Å². The second kappa shape index (κ2) is 10.9. The fourth-order valence-electron chi connectivity index (χ4n) is 4.92. The number of nitrogens with one attached hydrogen (secondary N) is 1. The topological polar surface area (TPSA) is 111 Å². The summed E-state index contributed by atoms with van der Waals surface area (Å²) in [6.45, 7) is 1.77. The van der Waals surface area contributed by atoms with Crippen molar-refractivity contribution in [2.24, 2.45) is 5.73 Å². The Balaban J connectivity index is 1.37. The quantitative estimate of drug-likeness (QED) is 0.322. The van der Waals surface area contributed by atoms with Gasteiger partial charge in [-0.2, -0.15) is 0 Å². The third-order valence-electron chi connectivity index (χ3n) is 6.89. The minimum absolute atomic E-state index is 0.0314. The summed E-state index contributed by atoms with van der Waals surface area (Å²) in [4.78, 5) is 13.3. The average molecular weight is 556 g/mol. The molecule has 0 unspecified atom stereocenters. The van der Waals surface area contributed by atoms with Crippen molar-refractivity contribution >= 4 is 26.8 Å². The Bertz CT molecular complexity index is 1600. The van der Waals surface area contributed by atoms with E-state index in [4.69, 9.17) is 5.73 Å². The van der Waals surface area contributed by atoms with Crippen LogP contribution in [0.5, 0.6) is 0 Å². The normalized spacial score (nSPS) is 17.9. The van der Waals surface area contributed by atoms with Crippen molar-refractivity contribution in [1.82, 2.24) is 15.0 Å². The maximum atomic E-state index is 15.2. The number of halogens is 3. The van der Waals surface area contributed by atoms with Crippen molar-refractivity contribution in [3.63, 3.8) is 0 Å². The summed E-state index contributed by atoms with van der Waals surface area (Å²) in [7, 11) is -3.76. The van der Waals surface area contributed by atoms with Crippen molar-refractivity contribution in [3.8, 4) is 11.3 Å². The maximum Gasteiger partial charge on any atom is 0.223 e. The molecule has 0 bridgehead atoms. The van der Waals surface area contributed by atoms with Crippen LogP contribution >= 0.6 is 0 Å². The number of nitrogens with zero attached hydrogens (tertiary/aromatic N) is 3. The van der Waals surface area contributed by atoms with Gasteiger partial charge in [0.1, 0.15) is 23.0 Å². The van der Waals surface area contributed by atoms with Crippen LogP contribution in [0.1, 0.15) is 42.4 Å². The van der Waals surface area contributed by atoms with Crippen molar-refractivity contribution in [1.29, 1.82) is 0 Å². The van der Waals surface area contributed by atoms with E-state index in [-0.39, 0.29) is 34.7 Å². The van der Waals surface area contributed by atoms with Gasteiger partial charge in [0.15, 0.2) is 9.84 Å². The molecule has 1 aliphatic rings. The van der Waals surface area contributed by atoms with Crippen LogP contribution in [0.3, 0.4) is 0 Å². The number of benzene rings is 2. The summed E-state index contributed by atoms with van der Waals surface area (Å²) in [5.41, 5.74) is 7.63. The lowest BCUT2D eigenvalue weighted by Gasteiger charge is -2.26. The lowest BCUT2D eigenvalue weighted by molar-refractivity contribution is 0.410. The number of rotatable bonds is 7. The molecule has 0 radical (unpaired) electrons. The van der Waals surface area contributed by atoms with Gasteiger partial charge in [0.05, 0.1) is 34.5 Å². The SMILES string of the molecule is Cc1cc(-c2c(F)cc(CS(=O)(=O)Cc3ccc(F)cc3)cc2F)nc2cnc(NC3CCC(N)CC3)nc12. The summed E-state index contributed by atoms with van der Waals surface area (Å²) in [6.07, 6.45) is 5.25. The molecule has 3 N–H and O–H groups in total. The van der Waals surface area contributed by atoms with E-state index >= 15 is 8.78 Å². The Hall–Kier alpha value is -3.57. The summed E-state index contributed by atoms with van der Waals surface area (Å²) in [5, 5.41) is 3.34. The molecular weight excluding hydrogens is 527 g/mol. The first-order valence-corrected chi connectivity index (χ1v) is 14.5. The molecule has 5 rings (SSSR count). The lowest BCUT2D eigenvalue weighted by Crippen LogP contribution is -2.33. The van der Waals surface area contributed by atoms with Gasteiger partial charge >= 0.3 is 0 Å². The van der Waals surface area contributed by atoms with E-state index in [9.17, 15) is 12.8 Å². The average Bonchev–Trinajstić information content (AvgIpc) is 2.86. The van der Waals surface area contributed by atoms with Crippen LogP contribution in [0.25, 0.3) is 22.3 Å². The van der Waals surface area contributed by atoms with Crippen molar-refractivity contribution < 1.29 is 21.6 Å². The zero-order valence-electron chi connectivity index (χ0n) is 21.3. The first-order chi connectivity index (χ1) is 18.6. The highest BCUT2D eigenvalue weighted by Gasteiger charge is 2.22. The second-order valence-corrected chi connectivity index (χ2v) is 12.2. The molecular formula is C28H28F3N5O2S. The van der Waals surface area contributed by atoms with E-state index < -0.39 is 33.0 Å². The van der Waals surface area contributed by atoms with Crippen molar-refractivity contribution in [3.05, 3.63) is 82.8 Å². The van der Waals surface area contributed by atoms with Gasteiger partial charge in [-0.3, -0.25) is 0 Å². The van der Waals surface area contributed by atoms with Crippen LogP contribution in [0.15, 0.2) is 48.7 Å². The fourth-order valence-corrected chi connectivity index (χ4v) is 6.40. The number of nitrogens with two attached hydrogens (primary N) is 1. The molecule has 1 aliphatic carbocycles. The molecule has 0 amide bonds. The molecule has 0 spiro atoms. The van der Waals surface area contributed by atoms with E-state index in [0.29, 0.717) is 28.1 Å². The number of fused-ring (bicyclic) bond motifs is 1. The van der Waals surface area contributed by atoms with Crippen molar-refractivity contribution in [2.75, 3.05) is 5.32 Å². The number of aryl methyl sites for hydroxylation is 1. The van der Waals surface area contributed by atoms with E-state index in [1.165, 1.54) is 18.3 Å². The molecule has 2 heterocycles. The third-order valence-corrected chi connectivity index (χ3v) is 8.43. The monoisotopic (exact) mass is 555 g/mol. The molecule has 0 aliphatic heterocycles. The predicted molar refractivity (Wildman–Crippen MR) is 144 cm³/mol. The summed E-state index contributed by atoms with van der Waals surface area (Å²) >= 11 is 0. The smallest absolute Gasteiger partial charge is 0.223 e. The first kappa shape index (κ1) is 27.0. The van der Waals surface area contributed by atoms with Crippen LogP contribution in [0.2, 0.25) is 0 Å². The van der Waals surface area contributed by atoms with Gasteiger partial charge in [0, 0.05) is 12.1 Å². The number of anilines is 1. The fraction of sp³-hybridized carbons (Fsp3) is 0.321. The van der Waals surface area contributed by atoms with Crippen LogP contribution < -0.4 is 11.1 Å². The minimum atomic E-state index is -3.76. The highest BCUT2D eigenvalue weighted by molar-refractivity contribution is 7.89. The highest BCUT2D eigenvalue weighted by atomic mass is 32.2. The zero-order chi connectivity index (χ0) is 27.7. The van der Waals surface area contributed by atoms with Crippen LogP contribution in [-0.2, 0) is 21.3 Å². The number of hydrogen-bond acceptors (Lipinski definition) is 7. The molecule has 4 aromatic rings. The third kappa shape index (κ3) is 6.36. The Morgan fingerprint density at radius 1 is 0.923 bits per heavy atom. The lowest BCUT2D eigenvalue weighted by atomic mass is 9.92. The van der Waals surface area contributed by atoms with E-state index in [0.717, 1.165) is 49.9 Å². The number of hydrogen-bond donors (Lipinski definition) is 2. The molecule has 11 heteroatoms. The summed E-state index contributed by atoms with van der Waals surface area (Å²) in [5.74, 6) is -2.83. The molecule has 39 heavy (non-hydrogen) atoms. The van der Waals surface area contributed by atoms with E-state index in [1.807, 2.05) is 0 Å². The highest BCUT2D eigenvalue weighted by Crippen LogP contribution is 2.30. The van der Waals surface area contributed by atoms with Crippen LogP contribution in [-0.4, -0.2) is 35.5 Å².